The van der Waals surface area contributed by atoms with Gasteiger partial charge in [-0.05, 0) is 29.8 Å². The lowest BCUT2D eigenvalue weighted by Gasteiger charge is -2.15. The number of aliphatic hydroxyl groups excluding tert-OH is 1. The molecule has 23 heavy (non-hydrogen) atoms. The molecule has 2 heterocycles. The van der Waals surface area contributed by atoms with Gasteiger partial charge in [0, 0.05) is 29.2 Å². The number of aromatic nitrogens is 5. The maximum atomic E-state index is 12.1. The second-order valence-corrected chi connectivity index (χ2v) is 4.81. The summed E-state index contributed by atoms with van der Waals surface area (Å²) in [4.78, 5) is 8.26. The van der Waals surface area contributed by atoms with Crippen LogP contribution < -0.4 is 5.11 Å². The first kappa shape index (κ1) is 14.8. The van der Waals surface area contributed by atoms with Gasteiger partial charge in [-0.15, -0.1) is 10.2 Å². The Balaban J connectivity index is 1.95. The van der Waals surface area contributed by atoms with Crippen LogP contribution in [0.2, 0.25) is 0 Å². The lowest BCUT2D eigenvalue weighted by molar-refractivity contribution is -0.269. The molecule has 0 amide bonds. The number of aliphatic hydroxyl groups is 1. The first-order chi connectivity index (χ1) is 11.2. The van der Waals surface area contributed by atoms with Crippen molar-refractivity contribution in [3.8, 4) is 17.1 Å². The Labute approximate surface area is 131 Å². The predicted molar refractivity (Wildman–Crippen MR) is 81.2 cm³/mol. The van der Waals surface area contributed by atoms with E-state index in [1.54, 1.807) is 25.1 Å². The van der Waals surface area contributed by atoms with Crippen molar-refractivity contribution >= 4 is 11.9 Å². The first-order valence-corrected chi connectivity index (χ1v) is 6.83. The monoisotopic (exact) mass is 309 g/mol. The number of hydrogen-bond donors (Lipinski definition) is 2. The number of hydrogen-bond acceptors (Lipinski definition) is 7. The van der Waals surface area contributed by atoms with Gasteiger partial charge >= 0.3 is 0 Å². The van der Waals surface area contributed by atoms with Gasteiger partial charge in [0.25, 0.3) is 0 Å². The number of nitrogens with one attached hydrogen (secondary N) is 1. The molecule has 0 saturated carbocycles. The second-order valence-electron chi connectivity index (χ2n) is 4.81. The number of H-pyrrole nitrogens is 1. The predicted octanol–water partition coefficient (Wildman–Crippen LogP) is 0.887. The van der Waals surface area contributed by atoms with E-state index in [1.807, 2.05) is 6.07 Å². The van der Waals surface area contributed by atoms with Crippen LogP contribution in [-0.2, 0) is 6.61 Å². The third-order valence-electron chi connectivity index (χ3n) is 3.30. The summed E-state index contributed by atoms with van der Waals surface area (Å²) in [6.07, 6.45) is 2.92. The minimum atomic E-state index is -0.271. The normalized spacial score (nSPS) is 11.2. The van der Waals surface area contributed by atoms with Gasteiger partial charge < -0.3 is 10.2 Å². The topological polar surface area (TPSA) is 123 Å². The summed E-state index contributed by atoms with van der Waals surface area (Å²) in [6.45, 7) is 1.35. The number of aliphatic imine (C=N–C) groups is 1. The fraction of sp³-hybridized carbons (Fsp3) is 0.133. The van der Waals surface area contributed by atoms with E-state index < -0.39 is 0 Å². The highest BCUT2D eigenvalue weighted by molar-refractivity contribution is 5.87. The number of benzene rings is 1. The molecule has 2 aromatic heterocycles. The average Bonchev–Trinajstić information content (AvgIpc) is 3.11. The van der Waals surface area contributed by atoms with Crippen molar-refractivity contribution in [3.05, 3.63) is 47.3 Å². The standard InChI is InChI=1S/C15H14N6O2/c1-9-14(23)13(11(8-22)6-16-9)7-17-12-4-2-3-10(5-12)15-18-20-21-19-15/h2-7,22-23H,8H2,1H3,(H,18,19,20,21)/p-1. The Morgan fingerprint density at radius 2 is 2.26 bits per heavy atom. The number of nitrogens with zero attached hydrogens (tertiary/aromatic N) is 5. The average molecular weight is 309 g/mol. The minimum Gasteiger partial charge on any atom is -0.871 e. The molecule has 0 atom stereocenters. The van der Waals surface area contributed by atoms with Crippen LogP contribution in [0.4, 0.5) is 5.69 Å². The molecule has 8 heteroatoms. The van der Waals surface area contributed by atoms with Gasteiger partial charge in [-0.1, -0.05) is 17.9 Å². The third-order valence-corrected chi connectivity index (χ3v) is 3.30. The van der Waals surface area contributed by atoms with Gasteiger partial charge in [0.15, 0.2) is 0 Å². The maximum absolute atomic E-state index is 12.1. The molecule has 0 radical (unpaired) electrons. The van der Waals surface area contributed by atoms with Gasteiger partial charge in [0.1, 0.15) is 0 Å². The van der Waals surface area contributed by atoms with Crippen LogP contribution in [0.5, 0.6) is 5.75 Å². The smallest absolute Gasteiger partial charge is 0.204 e. The molecular weight excluding hydrogens is 296 g/mol. The van der Waals surface area contributed by atoms with E-state index in [-0.39, 0.29) is 12.4 Å². The Morgan fingerprint density at radius 3 is 3.00 bits per heavy atom. The molecule has 0 unspecified atom stereocenters. The number of aromatic amines is 1. The summed E-state index contributed by atoms with van der Waals surface area (Å²) in [7, 11) is 0. The van der Waals surface area contributed by atoms with E-state index >= 15 is 0 Å². The van der Waals surface area contributed by atoms with Gasteiger partial charge in [-0.2, -0.15) is 5.21 Å². The molecule has 1 aromatic carbocycles. The SMILES string of the molecule is Cc1ncc(CO)c(C=Nc2cccc(-c3nn[nH]n3)c2)c1[O-]. The molecule has 8 nitrogen and oxygen atoms in total. The Kier molecular flexibility index (Phi) is 4.07. The summed E-state index contributed by atoms with van der Waals surface area (Å²) in [5.41, 5.74) is 2.53. The van der Waals surface area contributed by atoms with Gasteiger partial charge in [0.2, 0.25) is 5.82 Å². The number of pyridine rings is 1. The summed E-state index contributed by atoms with van der Waals surface area (Å²) in [5, 5.41) is 35.2. The molecule has 0 aliphatic carbocycles. The Morgan fingerprint density at radius 1 is 1.39 bits per heavy atom. The molecule has 0 bridgehead atoms. The van der Waals surface area contributed by atoms with Crippen LogP contribution in [0.25, 0.3) is 11.4 Å². The van der Waals surface area contributed by atoms with E-state index in [0.717, 1.165) is 5.56 Å². The molecule has 3 rings (SSSR count). The molecule has 0 aliphatic rings. The summed E-state index contributed by atoms with van der Waals surface area (Å²) in [6, 6.07) is 7.20. The zero-order valence-corrected chi connectivity index (χ0v) is 12.3. The quantitative estimate of drug-likeness (QED) is 0.690. The molecule has 2 N–H and O–H groups in total. The first-order valence-electron chi connectivity index (χ1n) is 6.83. The lowest BCUT2D eigenvalue weighted by atomic mass is 10.1. The van der Waals surface area contributed by atoms with E-state index in [4.69, 9.17) is 0 Å². The zero-order valence-electron chi connectivity index (χ0n) is 12.3. The number of tetrazole rings is 1. The summed E-state index contributed by atoms with van der Waals surface area (Å²) >= 11 is 0. The van der Waals surface area contributed by atoms with Crippen LogP contribution in [0, 0.1) is 6.92 Å². The third kappa shape index (κ3) is 3.06. The van der Waals surface area contributed by atoms with Crippen molar-refractivity contribution in [3.63, 3.8) is 0 Å². The van der Waals surface area contributed by atoms with E-state index in [1.165, 1.54) is 12.4 Å². The van der Waals surface area contributed by atoms with E-state index in [2.05, 4.69) is 30.6 Å². The van der Waals surface area contributed by atoms with Crippen LogP contribution in [0.15, 0.2) is 35.5 Å². The zero-order chi connectivity index (χ0) is 16.2. The number of aryl methyl sites for hydroxylation is 1. The molecular formula is C15H13N6O2-. The highest BCUT2D eigenvalue weighted by atomic mass is 16.3. The van der Waals surface area contributed by atoms with Crippen LogP contribution in [-0.4, -0.2) is 36.9 Å². The highest BCUT2D eigenvalue weighted by Crippen LogP contribution is 2.23. The van der Waals surface area contributed by atoms with E-state index in [9.17, 15) is 10.2 Å². The largest absolute Gasteiger partial charge is 0.871 e. The molecule has 116 valence electrons. The van der Waals surface area contributed by atoms with E-state index in [0.29, 0.717) is 28.3 Å². The maximum Gasteiger partial charge on any atom is 0.204 e. The van der Waals surface area contributed by atoms with Crippen LogP contribution >= 0.6 is 0 Å². The Hall–Kier alpha value is -3.13. The molecule has 0 saturated heterocycles. The molecule has 3 aromatic rings. The minimum absolute atomic E-state index is 0.241. The molecule has 0 fully saturated rings. The van der Waals surface area contributed by atoms with Crippen molar-refractivity contribution < 1.29 is 10.2 Å². The van der Waals surface area contributed by atoms with Crippen molar-refractivity contribution in [1.82, 2.24) is 25.6 Å². The van der Waals surface area contributed by atoms with Gasteiger partial charge in [0.05, 0.1) is 12.3 Å². The van der Waals surface area contributed by atoms with Crippen molar-refractivity contribution in [2.45, 2.75) is 13.5 Å². The van der Waals surface area contributed by atoms with Crippen LogP contribution in [0.1, 0.15) is 16.8 Å². The number of rotatable bonds is 4. The van der Waals surface area contributed by atoms with Gasteiger partial charge in [-0.3, -0.25) is 9.98 Å². The second kappa shape index (κ2) is 6.32. The fourth-order valence-electron chi connectivity index (χ4n) is 2.06. The summed E-state index contributed by atoms with van der Waals surface area (Å²) < 4.78 is 0. The van der Waals surface area contributed by atoms with Crippen LogP contribution in [0.3, 0.4) is 0 Å². The van der Waals surface area contributed by atoms with Crippen molar-refractivity contribution in [2.24, 2.45) is 4.99 Å². The molecule has 0 spiro atoms. The highest BCUT2D eigenvalue weighted by Gasteiger charge is 2.05. The van der Waals surface area contributed by atoms with Crippen molar-refractivity contribution in [2.75, 3.05) is 0 Å². The lowest BCUT2D eigenvalue weighted by Crippen LogP contribution is -2.05. The fourth-order valence-corrected chi connectivity index (χ4v) is 2.06. The molecule has 0 aliphatic heterocycles. The Bertz CT molecular complexity index is 845. The summed E-state index contributed by atoms with van der Waals surface area (Å²) in [5.74, 6) is 0.219. The van der Waals surface area contributed by atoms with Gasteiger partial charge in [-0.25, -0.2) is 0 Å². The van der Waals surface area contributed by atoms with Crippen molar-refractivity contribution in [1.29, 1.82) is 0 Å².